The van der Waals surface area contributed by atoms with Crippen molar-refractivity contribution in [3.8, 4) is 11.1 Å². The Balaban J connectivity index is 1.69. The molecule has 1 N–H and O–H groups in total. The standard InChI is InChI=1S/C22H20N2/c1-3-7-18(8-4-1)19-11-13-21(14-12-19)22(24-16-15-23-17-24)20-9-5-2-6-10-20/h1-16,22-23H,17H2/t22-/m1/s1. The molecule has 1 aliphatic heterocycles. The van der Waals surface area contributed by atoms with E-state index in [1.165, 1.54) is 22.3 Å². The van der Waals surface area contributed by atoms with Crippen molar-refractivity contribution in [2.75, 3.05) is 6.67 Å². The van der Waals surface area contributed by atoms with Crippen molar-refractivity contribution in [1.82, 2.24) is 10.2 Å². The molecule has 1 heterocycles. The highest BCUT2D eigenvalue weighted by Gasteiger charge is 2.21. The number of hydrogen-bond donors (Lipinski definition) is 1. The predicted molar refractivity (Wildman–Crippen MR) is 99.1 cm³/mol. The molecule has 2 nitrogen and oxygen atoms in total. The van der Waals surface area contributed by atoms with Crippen LogP contribution in [-0.4, -0.2) is 11.6 Å². The molecule has 0 unspecified atom stereocenters. The zero-order chi connectivity index (χ0) is 16.2. The van der Waals surface area contributed by atoms with E-state index in [-0.39, 0.29) is 6.04 Å². The van der Waals surface area contributed by atoms with E-state index in [2.05, 4.69) is 101 Å². The molecule has 0 bridgehead atoms. The molecule has 0 saturated heterocycles. The van der Waals surface area contributed by atoms with Gasteiger partial charge in [0, 0.05) is 12.4 Å². The average molecular weight is 312 g/mol. The van der Waals surface area contributed by atoms with Crippen LogP contribution in [0.15, 0.2) is 97.3 Å². The van der Waals surface area contributed by atoms with Gasteiger partial charge in [0.15, 0.2) is 0 Å². The van der Waals surface area contributed by atoms with Crippen LogP contribution in [0.25, 0.3) is 11.1 Å². The zero-order valence-electron chi connectivity index (χ0n) is 13.5. The van der Waals surface area contributed by atoms with Gasteiger partial charge in [-0.1, -0.05) is 84.9 Å². The van der Waals surface area contributed by atoms with Gasteiger partial charge < -0.3 is 10.2 Å². The van der Waals surface area contributed by atoms with Crippen molar-refractivity contribution in [1.29, 1.82) is 0 Å². The number of benzene rings is 3. The molecule has 0 amide bonds. The molecule has 3 aromatic carbocycles. The second-order valence-corrected chi connectivity index (χ2v) is 5.99. The second kappa shape index (κ2) is 6.63. The largest absolute Gasteiger partial charge is 0.373 e. The summed E-state index contributed by atoms with van der Waals surface area (Å²) in [5, 5.41) is 3.27. The lowest BCUT2D eigenvalue weighted by Crippen LogP contribution is -2.26. The van der Waals surface area contributed by atoms with Gasteiger partial charge in [-0.15, -0.1) is 0 Å². The van der Waals surface area contributed by atoms with Crippen molar-refractivity contribution in [3.05, 3.63) is 108 Å². The normalized spacial score (nSPS) is 14.4. The lowest BCUT2D eigenvalue weighted by molar-refractivity contribution is 0.331. The van der Waals surface area contributed by atoms with E-state index >= 15 is 0 Å². The van der Waals surface area contributed by atoms with E-state index in [0.29, 0.717) is 0 Å². The topological polar surface area (TPSA) is 15.3 Å². The second-order valence-electron chi connectivity index (χ2n) is 5.99. The molecule has 3 aromatic rings. The molecule has 118 valence electrons. The van der Waals surface area contributed by atoms with Crippen molar-refractivity contribution in [3.63, 3.8) is 0 Å². The Labute approximate surface area is 143 Å². The first-order valence-electron chi connectivity index (χ1n) is 8.28. The molecule has 24 heavy (non-hydrogen) atoms. The maximum atomic E-state index is 3.27. The zero-order valence-corrected chi connectivity index (χ0v) is 13.5. The first-order chi connectivity index (χ1) is 11.9. The van der Waals surface area contributed by atoms with Gasteiger partial charge in [-0.2, -0.15) is 0 Å². The molecule has 2 heteroatoms. The highest BCUT2D eigenvalue weighted by atomic mass is 15.3. The van der Waals surface area contributed by atoms with Crippen molar-refractivity contribution >= 4 is 0 Å². The van der Waals surface area contributed by atoms with Gasteiger partial charge in [-0.25, -0.2) is 0 Å². The van der Waals surface area contributed by atoms with Crippen LogP contribution in [-0.2, 0) is 0 Å². The average Bonchev–Trinajstić information content (AvgIpc) is 3.18. The fraction of sp³-hybridized carbons (Fsp3) is 0.0909. The third kappa shape index (κ3) is 2.91. The summed E-state index contributed by atoms with van der Waals surface area (Å²) in [5.41, 5.74) is 5.11. The Morgan fingerprint density at radius 3 is 1.88 bits per heavy atom. The first kappa shape index (κ1) is 14.6. The van der Waals surface area contributed by atoms with Gasteiger partial charge in [0.05, 0.1) is 12.7 Å². The van der Waals surface area contributed by atoms with Crippen molar-refractivity contribution in [2.45, 2.75) is 6.04 Å². The Kier molecular flexibility index (Phi) is 4.03. The van der Waals surface area contributed by atoms with Gasteiger partial charge in [0.25, 0.3) is 0 Å². The highest BCUT2D eigenvalue weighted by Crippen LogP contribution is 2.31. The molecular weight excluding hydrogens is 292 g/mol. The van der Waals surface area contributed by atoms with Crippen LogP contribution in [0.4, 0.5) is 0 Å². The summed E-state index contributed by atoms with van der Waals surface area (Å²) in [4.78, 5) is 2.33. The third-order valence-electron chi connectivity index (χ3n) is 4.44. The Morgan fingerprint density at radius 1 is 0.667 bits per heavy atom. The molecule has 0 aliphatic carbocycles. The van der Waals surface area contributed by atoms with Gasteiger partial charge in [0.2, 0.25) is 0 Å². The molecule has 1 atom stereocenters. The van der Waals surface area contributed by atoms with Crippen molar-refractivity contribution < 1.29 is 0 Å². The van der Waals surface area contributed by atoms with E-state index in [1.807, 2.05) is 6.20 Å². The maximum Gasteiger partial charge on any atom is 0.0876 e. The van der Waals surface area contributed by atoms with Crippen LogP contribution < -0.4 is 5.32 Å². The summed E-state index contributed by atoms with van der Waals surface area (Å²) in [6.45, 7) is 0.833. The molecule has 4 rings (SSSR count). The predicted octanol–water partition coefficient (Wildman–Crippen LogP) is 4.78. The molecular formula is C22H20N2. The monoisotopic (exact) mass is 312 g/mol. The number of nitrogens with zero attached hydrogens (tertiary/aromatic N) is 1. The third-order valence-corrected chi connectivity index (χ3v) is 4.44. The number of nitrogens with one attached hydrogen (secondary N) is 1. The van der Waals surface area contributed by atoms with Crippen LogP contribution in [0, 0.1) is 0 Å². The number of rotatable bonds is 4. The summed E-state index contributed by atoms with van der Waals surface area (Å²) in [7, 11) is 0. The summed E-state index contributed by atoms with van der Waals surface area (Å²) in [6, 6.07) is 30.3. The van der Waals surface area contributed by atoms with E-state index in [0.717, 1.165) is 6.67 Å². The highest BCUT2D eigenvalue weighted by molar-refractivity contribution is 5.63. The van der Waals surface area contributed by atoms with Crippen LogP contribution in [0.1, 0.15) is 17.2 Å². The van der Waals surface area contributed by atoms with Crippen LogP contribution in [0.5, 0.6) is 0 Å². The molecule has 1 aliphatic rings. The smallest absolute Gasteiger partial charge is 0.0876 e. The van der Waals surface area contributed by atoms with Crippen LogP contribution >= 0.6 is 0 Å². The molecule has 0 saturated carbocycles. The minimum Gasteiger partial charge on any atom is -0.373 e. The minimum atomic E-state index is 0.224. The van der Waals surface area contributed by atoms with Gasteiger partial charge in [-0.05, 0) is 22.3 Å². The Bertz CT molecular complexity index is 808. The van der Waals surface area contributed by atoms with E-state index in [9.17, 15) is 0 Å². The Hall–Kier alpha value is -3.00. The SMILES string of the molecule is C1=CN([C@H](c2ccccc2)c2ccc(-c3ccccc3)cc2)CN1. The first-order valence-corrected chi connectivity index (χ1v) is 8.28. The lowest BCUT2D eigenvalue weighted by Gasteiger charge is -2.28. The van der Waals surface area contributed by atoms with Gasteiger partial charge in [0.1, 0.15) is 0 Å². The molecule has 0 aromatic heterocycles. The van der Waals surface area contributed by atoms with Gasteiger partial charge >= 0.3 is 0 Å². The van der Waals surface area contributed by atoms with E-state index in [4.69, 9.17) is 0 Å². The van der Waals surface area contributed by atoms with Crippen molar-refractivity contribution in [2.24, 2.45) is 0 Å². The van der Waals surface area contributed by atoms with E-state index < -0.39 is 0 Å². The van der Waals surface area contributed by atoms with Gasteiger partial charge in [-0.3, -0.25) is 0 Å². The summed E-state index contributed by atoms with van der Waals surface area (Å²) in [6.07, 6.45) is 4.14. The number of hydrogen-bond acceptors (Lipinski definition) is 2. The summed E-state index contributed by atoms with van der Waals surface area (Å²) in [5.74, 6) is 0. The molecule has 0 fully saturated rings. The lowest BCUT2D eigenvalue weighted by atomic mass is 9.95. The Morgan fingerprint density at radius 2 is 1.25 bits per heavy atom. The van der Waals surface area contributed by atoms with Crippen LogP contribution in [0.2, 0.25) is 0 Å². The summed E-state index contributed by atoms with van der Waals surface area (Å²) >= 11 is 0. The van der Waals surface area contributed by atoms with E-state index in [1.54, 1.807) is 0 Å². The molecule has 0 spiro atoms. The maximum absolute atomic E-state index is 3.27. The van der Waals surface area contributed by atoms with Crippen LogP contribution in [0.3, 0.4) is 0 Å². The molecule has 0 radical (unpaired) electrons. The fourth-order valence-corrected chi connectivity index (χ4v) is 3.24. The fourth-order valence-electron chi connectivity index (χ4n) is 3.24. The summed E-state index contributed by atoms with van der Waals surface area (Å²) < 4.78 is 0. The minimum absolute atomic E-state index is 0.224. The quantitative estimate of drug-likeness (QED) is 0.746.